The minimum Gasteiger partial charge on any atom is -0.409 e. The predicted molar refractivity (Wildman–Crippen MR) is 121 cm³/mol. The van der Waals surface area contributed by atoms with E-state index in [1.54, 1.807) is 0 Å². The second-order valence-corrected chi connectivity index (χ2v) is 7.81. The molecule has 0 saturated carbocycles. The number of anilines is 1. The van der Waals surface area contributed by atoms with Gasteiger partial charge in [0.15, 0.2) is 5.84 Å². The Morgan fingerprint density at radius 3 is 2.12 bits per heavy atom. The van der Waals surface area contributed by atoms with E-state index in [-0.39, 0.29) is 29.3 Å². The fraction of sp³-hybridized carbons (Fsp3) is 0.318. The molecule has 0 radical (unpaired) electrons. The van der Waals surface area contributed by atoms with E-state index in [4.69, 9.17) is 28.3 Å². The third-order valence-electron chi connectivity index (χ3n) is 4.36. The summed E-state index contributed by atoms with van der Waals surface area (Å²) in [4.78, 5) is 22.7. The summed E-state index contributed by atoms with van der Waals surface area (Å²) in [5.74, 6) is -1.88. The van der Waals surface area contributed by atoms with Gasteiger partial charge in [-0.2, -0.15) is 13.2 Å². The molecule has 0 bridgehead atoms. The maximum atomic E-state index is 14.6. The van der Waals surface area contributed by atoms with Crippen LogP contribution < -0.4 is 16.4 Å². The number of nitrogens with two attached hydrogens (primary N) is 2. The molecular formula is C22H25ClF4N4O3. The first kappa shape index (κ1) is 28.7. The highest BCUT2D eigenvalue weighted by Crippen LogP contribution is 2.29. The molecule has 186 valence electrons. The van der Waals surface area contributed by atoms with Crippen molar-refractivity contribution in [3.05, 3.63) is 64.4 Å². The fourth-order valence-electron chi connectivity index (χ4n) is 2.84. The highest BCUT2D eigenvalue weighted by molar-refractivity contribution is 6.30. The van der Waals surface area contributed by atoms with Gasteiger partial charge in [0.05, 0.1) is 0 Å². The van der Waals surface area contributed by atoms with Crippen LogP contribution in [0.3, 0.4) is 0 Å². The molecule has 2 aromatic rings. The molecule has 0 aliphatic carbocycles. The standard InChI is InChI=1S/C19H19ClF4N4O2.C3H6O/c20-13-3-5-14(6-4-13)28(16(18(26)29)7-8-19(22,23)24)10-12-2-1-11(9-15(12)21)17(25)27-30;1-3(2)4/h1-6,9,16,30H,7-8,10H2,(H2,25,27)(H2,26,29);1-2H3. The summed E-state index contributed by atoms with van der Waals surface area (Å²) in [6.45, 7) is 2.80. The average Bonchev–Trinajstić information content (AvgIpc) is 2.72. The van der Waals surface area contributed by atoms with Crippen molar-refractivity contribution in [2.75, 3.05) is 4.90 Å². The highest BCUT2D eigenvalue weighted by atomic mass is 35.5. The van der Waals surface area contributed by atoms with E-state index < -0.39 is 36.8 Å². The summed E-state index contributed by atoms with van der Waals surface area (Å²) < 4.78 is 52.8. The van der Waals surface area contributed by atoms with Gasteiger partial charge in [-0.25, -0.2) is 4.39 Å². The van der Waals surface area contributed by atoms with Crippen molar-refractivity contribution in [1.29, 1.82) is 0 Å². The minimum absolute atomic E-state index is 0.0673. The van der Waals surface area contributed by atoms with Crippen LogP contribution in [0.25, 0.3) is 0 Å². The number of carbonyl (C=O) groups is 2. The second kappa shape index (κ2) is 12.8. The van der Waals surface area contributed by atoms with Gasteiger partial charge in [-0.1, -0.05) is 28.9 Å². The summed E-state index contributed by atoms with van der Waals surface area (Å²) >= 11 is 5.86. The fourth-order valence-corrected chi connectivity index (χ4v) is 2.97. The number of halogens is 5. The summed E-state index contributed by atoms with van der Waals surface area (Å²) in [6.07, 6.45) is -6.34. The third-order valence-corrected chi connectivity index (χ3v) is 4.61. The molecule has 1 atom stereocenters. The topological polar surface area (TPSA) is 122 Å². The highest BCUT2D eigenvalue weighted by Gasteiger charge is 2.33. The number of oxime groups is 1. The zero-order chi connectivity index (χ0) is 26.1. The average molecular weight is 505 g/mol. The van der Waals surface area contributed by atoms with Crippen molar-refractivity contribution >= 4 is 34.8 Å². The second-order valence-electron chi connectivity index (χ2n) is 7.38. The number of hydrogen-bond donors (Lipinski definition) is 3. The summed E-state index contributed by atoms with van der Waals surface area (Å²) in [5, 5.41) is 11.9. The van der Waals surface area contributed by atoms with Crippen LogP contribution in [0.5, 0.6) is 0 Å². The Balaban J connectivity index is 0.00000133. The molecule has 0 heterocycles. The molecule has 0 spiro atoms. The number of alkyl halides is 3. The number of rotatable bonds is 8. The quantitative estimate of drug-likeness (QED) is 0.162. The molecule has 0 fully saturated rings. The first-order valence-electron chi connectivity index (χ1n) is 9.87. The Morgan fingerprint density at radius 1 is 1.12 bits per heavy atom. The van der Waals surface area contributed by atoms with Crippen molar-refractivity contribution in [1.82, 2.24) is 0 Å². The Morgan fingerprint density at radius 2 is 1.68 bits per heavy atom. The normalized spacial score (nSPS) is 12.4. The van der Waals surface area contributed by atoms with Crippen LogP contribution in [0.1, 0.15) is 37.8 Å². The van der Waals surface area contributed by atoms with Crippen molar-refractivity contribution in [3.63, 3.8) is 0 Å². The Kier molecular flexibility index (Phi) is 10.8. The van der Waals surface area contributed by atoms with Gasteiger partial charge in [0.2, 0.25) is 5.91 Å². The molecule has 5 N–H and O–H groups in total. The molecule has 7 nitrogen and oxygen atoms in total. The van der Waals surface area contributed by atoms with Gasteiger partial charge in [-0.15, -0.1) is 0 Å². The molecule has 34 heavy (non-hydrogen) atoms. The smallest absolute Gasteiger partial charge is 0.389 e. The molecule has 0 aliphatic heterocycles. The van der Waals surface area contributed by atoms with Crippen LogP contribution in [0, 0.1) is 5.82 Å². The number of nitrogens with zero attached hydrogens (tertiary/aromatic N) is 2. The van der Waals surface area contributed by atoms with E-state index in [2.05, 4.69) is 5.16 Å². The van der Waals surface area contributed by atoms with Crippen LogP contribution >= 0.6 is 11.6 Å². The third kappa shape index (κ3) is 9.65. The van der Waals surface area contributed by atoms with E-state index in [0.717, 1.165) is 6.07 Å². The SMILES string of the molecule is CC(C)=O.NC(=O)C(CCC(F)(F)F)N(Cc1ccc(/C(N)=N/O)cc1F)c1ccc(Cl)cc1. The van der Waals surface area contributed by atoms with E-state index in [1.165, 1.54) is 55.1 Å². The van der Waals surface area contributed by atoms with Gasteiger partial charge < -0.3 is 26.4 Å². The number of carbonyl (C=O) groups excluding carboxylic acids is 2. The number of amidine groups is 1. The van der Waals surface area contributed by atoms with Crippen molar-refractivity contribution in [2.24, 2.45) is 16.6 Å². The zero-order valence-corrected chi connectivity index (χ0v) is 19.2. The number of primary amides is 1. The molecule has 0 saturated heterocycles. The monoisotopic (exact) mass is 504 g/mol. The number of benzene rings is 2. The molecule has 2 aromatic carbocycles. The molecule has 1 amide bonds. The van der Waals surface area contributed by atoms with Crippen LogP contribution in [-0.2, 0) is 16.1 Å². The lowest BCUT2D eigenvalue weighted by Gasteiger charge is -2.32. The largest absolute Gasteiger partial charge is 0.409 e. The Bertz CT molecular complexity index is 1010. The van der Waals surface area contributed by atoms with Crippen LogP contribution in [0.2, 0.25) is 5.02 Å². The maximum absolute atomic E-state index is 14.6. The number of ketones is 1. The molecule has 1 unspecified atom stereocenters. The van der Waals surface area contributed by atoms with Gasteiger partial charge >= 0.3 is 6.18 Å². The van der Waals surface area contributed by atoms with E-state index in [9.17, 15) is 27.2 Å². The van der Waals surface area contributed by atoms with Gasteiger partial charge in [0.1, 0.15) is 17.6 Å². The van der Waals surface area contributed by atoms with E-state index in [0.29, 0.717) is 10.7 Å². The van der Waals surface area contributed by atoms with Crippen LogP contribution in [0.4, 0.5) is 23.2 Å². The molecule has 0 aromatic heterocycles. The molecule has 12 heteroatoms. The van der Waals surface area contributed by atoms with Gasteiger partial charge in [-0.05, 0) is 50.6 Å². The first-order chi connectivity index (χ1) is 15.7. The van der Waals surface area contributed by atoms with E-state index in [1.807, 2.05) is 0 Å². The zero-order valence-electron chi connectivity index (χ0n) is 18.4. The summed E-state index contributed by atoms with van der Waals surface area (Å²) in [7, 11) is 0. The van der Waals surface area contributed by atoms with Gasteiger partial charge in [0, 0.05) is 34.8 Å². The summed E-state index contributed by atoms with van der Waals surface area (Å²) in [5.41, 5.74) is 11.3. The number of hydrogen-bond acceptors (Lipinski definition) is 5. The molecule has 2 rings (SSSR count). The number of amides is 1. The number of Topliss-reactive ketones (excluding diaryl/α,β-unsaturated/α-hetero) is 1. The van der Waals surface area contributed by atoms with E-state index >= 15 is 0 Å². The van der Waals surface area contributed by atoms with Gasteiger partial charge in [0.25, 0.3) is 0 Å². The molecular weight excluding hydrogens is 480 g/mol. The Labute approximate surface area is 199 Å². The molecule has 0 aliphatic rings. The minimum atomic E-state index is -4.49. The lowest BCUT2D eigenvalue weighted by Crippen LogP contribution is -2.45. The van der Waals surface area contributed by atoms with Crippen molar-refractivity contribution in [2.45, 2.75) is 45.5 Å². The predicted octanol–water partition coefficient (Wildman–Crippen LogP) is 4.37. The van der Waals surface area contributed by atoms with Gasteiger partial charge in [-0.3, -0.25) is 4.79 Å². The lowest BCUT2D eigenvalue weighted by molar-refractivity contribution is -0.138. The van der Waals surface area contributed by atoms with Crippen LogP contribution in [0.15, 0.2) is 47.6 Å². The Hall–Kier alpha value is -3.34. The lowest BCUT2D eigenvalue weighted by atomic mass is 10.0. The maximum Gasteiger partial charge on any atom is 0.389 e. The van der Waals surface area contributed by atoms with Crippen molar-refractivity contribution < 1.29 is 32.4 Å². The van der Waals surface area contributed by atoms with Crippen molar-refractivity contribution in [3.8, 4) is 0 Å². The van der Waals surface area contributed by atoms with Crippen LogP contribution in [-0.4, -0.2) is 35.0 Å². The first-order valence-corrected chi connectivity index (χ1v) is 10.2. The summed E-state index contributed by atoms with van der Waals surface area (Å²) in [6, 6.07) is 8.34.